The van der Waals surface area contributed by atoms with Crippen LogP contribution in [0.5, 0.6) is 5.75 Å². The molecule has 0 fully saturated rings. The molecule has 2 amide bonds. The predicted molar refractivity (Wildman–Crippen MR) is 95.7 cm³/mol. The number of nitrogens with one attached hydrogen (secondary N) is 2. The van der Waals surface area contributed by atoms with E-state index in [-0.39, 0.29) is 11.8 Å². The summed E-state index contributed by atoms with van der Waals surface area (Å²) in [6.07, 6.45) is -0.667. The van der Waals surface area contributed by atoms with Crippen LogP contribution in [0.4, 0.5) is 11.4 Å². The van der Waals surface area contributed by atoms with Crippen molar-refractivity contribution >= 4 is 34.8 Å². The number of anilines is 2. The highest BCUT2D eigenvalue weighted by Gasteiger charge is 2.16. The molecule has 0 spiro atoms. The summed E-state index contributed by atoms with van der Waals surface area (Å²) in [6.45, 7) is 4.98. The van der Waals surface area contributed by atoms with Gasteiger partial charge < -0.3 is 15.4 Å². The van der Waals surface area contributed by atoms with E-state index in [4.69, 9.17) is 16.3 Å². The molecular formula is C18H19ClN2O3. The Bertz CT molecular complexity index is 744. The van der Waals surface area contributed by atoms with Crippen LogP contribution in [0.15, 0.2) is 42.5 Å². The number of carbonyl (C=O) groups excluding carboxylic acids is 2. The first kappa shape index (κ1) is 17.8. The number of hydrogen-bond acceptors (Lipinski definition) is 3. The fourth-order valence-electron chi connectivity index (χ4n) is 2.07. The smallest absolute Gasteiger partial charge is 0.265 e. The number of hydrogen-bond donors (Lipinski definition) is 2. The third-order valence-electron chi connectivity index (χ3n) is 3.28. The van der Waals surface area contributed by atoms with Gasteiger partial charge in [-0.3, -0.25) is 9.59 Å². The lowest BCUT2D eigenvalue weighted by Gasteiger charge is -2.16. The molecule has 0 aliphatic heterocycles. The SMILES string of the molecule is CC(=O)Nc1ccc(NC(=O)[C@H](C)Oc2ccc(Cl)cc2C)cc1. The van der Waals surface area contributed by atoms with E-state index in [1.807, 2.05) is 6.92 Å². The highest BCUT2D eigenvalue weighted by atomic mass is 35.5. The van der Waals surface area contributed by atoms with Crippen molar-refractivity contribution in [2.24, 2.45) is 0 Å². The van der Waals surface area contributed by atoms with Crippen LogP contribution in [0.25, 0.3) is 0 Å². The molecular weight excluding hydrogens is 328 g/mol. The summed E-state index contributed by atoms with van der Waals surface area (Å²) < 4.78 is 5.68. The molecule has 0 saturated carbocycles. The van der Waals surface area contributed by atoms with E-state index < -0.39 is 6.10 Å². The molecule has 24 heavy (non-hydrogen) atoms. The van der Waals surface area contributed by atoms with Gasteiger partial charge in [-0.05, 0) is 61.9 Å². The summed E-state index contributed by atoms with van der Waals surface area (Å²) in [5.74, 6) is 0.201. The molecule has 126 valence electrons. The summed E-state index contributed by atoms with van der Waals surface area (Å²) >= 11 is 5.91. The quantitative estimate of drug-likeness (QED) is 0.859. The second kappa shape index (κ2) is 7.84. The fraction of sp³-hybridized carbons (Fsp3) is 0.222. The van der Waals surface area contributed by atoms with Crippen LogP contribution in [0.3, 0.4) is 0 Å². The average Bonchev–Trinajstić information content (AvgIpc) is 2.51. The lowest BCUT2D eigenvalue weighted by molar-refractivity contribution is -0.122. The van der Waals surface area contributed by atoms with Gasteiger partial charge in [0.25, 0.3) is 5.91 Å². The van der Waals surface area contributed by atoms with Crippen molar-refractivity contribution in [3.05, 3.63) is 53.1 Å². The second-order valence-corrected chi connectivity index (χ2v) is 5.85. The maximum absolute atomic E-state index is 12.2. The first-order valence-corrected chi connectivity index (χ1v) is 7.84. The number of rotatable bonds is 5. The minimum Gasteiger partial charge on any atom is -0.481 e. The second-order valence-electron chi connectivity index (χ2n) is 5.42. The molecule has 5 nitrogen and oxygen atoms in total. The van der Waals surface area contributed by atoms with Crippen molar-refractivity contribution in [2.75, 3.05) is 10.6 Å². The number of halogens is 1. The molecule has 6 heteroatoms. The van der Waals surface area contributed by atoms with Crippen LogP contribution in [0.2, 0.25) is 5.02 Å². The van der Waals surface area contributed by atoms with E-state index in [1.54, 1.807) is 49.4 Å². The van der Waals surface area contributed by atoms with Gasteiger partial charge in [-0.25, -0.2) is 0 Å². The van der Waals surface area contributed by atoms with E-state index in [1.165, 1.54) is 6.92 Å². The maximum atomic E-state index is 12.2. The first-order chi connectivity index (χ1) is 11.3. The Labute approximate surface area is 146 Å². The highest BCUT2D eigenvalue weighted by molar-refractivity contribution is 6.30. The van der Waals surface area contributed by atoms with Gasteiger partial charge in [-0.2, -0.15) is 0 Å². The van der Waals surface area contributed by atoms with Crippen molar-refractivity contribution in [3.63, 3.8) is 0 Å². The van der Waals surface area contributed by atoms with Crippen molar-refractivity contribution in [1.29, 1.82) is 0 Å². The average molecular weight is 347 g/mol. The molecule has 0 unspecified atom stereocenters. The van der Waals surface area contributed by atoms with Gasteiger partial charge in [-0.15, -0.1) is 0 Å². The van der Waals surface area contributed by atoms with Crippen LogP contribution in [0, 0.1) is 6.92 Å². The van der Waals surface area contributed by atoms with E-state index >= 15 is 0 Å². The molecule has 1 atom stereocenters. The Morgan fingerprint density at radius 2 is 1.62 bits per heavy atom. The van der Waals surface area contributed by atoms with Crippen LogP contribution in [-0.2, 0) is 9.59 Å². The molecule has 2 rings (SSSR count). The number of amides is 2. The van der Waals surface area contributed by atoms with E-state index in [0.29, 0.717) is 22.1 Å². The van der Waals surface area contributed by atoms with Crippen molar-refractivity contribution in [1.82, 2.24) is 0 Å². The molecule has 0 radical (unpaired) electrons. The van der Waals surface area contributed by atoms with Crippen LogP contribution >= 0.6 is 11.6 Å². The predicted octanol–water partition coefficient (Wildman–Crippen LogP) is 4.01. The third kappa shape index (κ3) is 4.99. The van der Waals surface area contributed by atoms with E-state index in [2.05, 4.69) is 10.6 Å². The van der Waals surface area contributed by atoms with Crippen molar-refractivity contribution in [2.45, 2.75) is 26.9 Å². The molecule has 0 aromatic heterocycles. The van der Waals surface area contributed by atoms with Gasteiger partial charge in [0.05, 0.1) is 0 Å². The summed E-state index contributed by atoms with van der Waals surface area (Å²) in [5, 5.41) is 6.06. The minimum atomic E-state index is -0.667. The Morgan fingerprint density at radius 3 is 2.17 bits per heavy atom. The lowest BCUT2D eigenvalue weighted by Crippen LogP contribution is -2.30. The Hall–Kier alpha value is -2.53. The number of ether oxygens (including phenoxy) is 1. The van der Waals surface area contributed by atoms with E-state index in [0.717, 1.165) is 5.56 Å². The van der Waals surface area contributed by atoms with Gasteiger partial charge in [0.2, 0.25) is 5.91 Å². The van der Waals surface area contributed by atoms with Crippen molar-refractivity contribution < 1.29 is 14.3 Å². The Balaban J connectivity index is 1.97. The number of aryl methyl sites for hydroxylation is 1. The largest absolute Gasteiger partial charge is 0.481 e. The zero-order valence-electron chi connectivity index (χ0n) is 13.7. The fourth-order valence-corrected chi connectivity index (χ4v) is 2.30. The topological polar surface area (TPSA) is 67.4 Å². The van der Waals surface area contributed by atoms with Gasteiger partial charge in [0.15, 0.2) is 6.10 Å². The maximum Gasteiger partial charge on any atom is 0.265 e. The summed E-state index contributed by atoms with van der Waals surface area (Å²) in [6, 6.07) is 12.1. The molecule has 0 heterocycles. The summed E-state index contributed by atoms with van der Waals surface area (Å²) in [4.78, 5) is 23.2. The van der Waals surface area contributed by atoms with Crippen LogP contribution < -0.4 is 15.4 Å². The third-order valence-corrected chi connectivity index (χ3v) is 3.52. The number of benzene rings is 2. The zero-order valence-corrected chi connectivity index (χ0v) is 14.5. The highest BCUT2D eigenvalue weighted by Crippen LogP contribution is 2.23. The molecule has 2 aromatic carbocycles. The number of carbonyl (C=O) groups is 2. The molecule has 2 N–H and O–H groups in total. The first-order valence-electron chi connectivity index (χ1n) is 7.46. The molecule has 0 bridgehead atoms. The lowest BCUT2D eigenvalue weighted by atomic mass is 10.2. The van der Waals surface area contributed by atoms with Gasteiger partial charge in [-0.1, -0.05) is 11.6 Å². The van der Waals surface area contributed by atoms with Gasteiger partial charge in [0.1, 0.15) is 5.75 Å². The standard InChI is InChI=1S/C18H19ClN2O3/c1-11-10-14(19)4-9-17(11)24-12(2)18(23)21-16-7-5-15(6-8-16)20-13(3)22/h4-10,12H,1-3H3,(H,20,22)(H,21,23)/t12-/m0/s1. The molecule has 0 saturated heterocycles. The Morgan fingerprint density at radius 1 is 1.04 bits per heavy atom. The van der Waals surface area contributed by atoms with Crippen LogP contribution in [-0.4, -0.2) is 17.9 Å². The molecule has 0 aliphatic carbocycles. The Kier molecular flexibility index (Phi) is 5.82. The van der Waals surface area contributed by atoms with E-state index in [9.17, 15) is 9.59 Å². The summed E-state index contributed by atoms with van der Waals surface area (Å²) in [7, 11) is 0. The molecule has 2 aromatic rings. The van der Waals surface area contributed by atoms with Crippen LogP contribution in [0.1, 0.15) is 19.4 Å². The molecule has 0 aliphatic rings. The zero-order chi connectivity index (χ0) is 17.7. The monoisotopic (exact) mass is 346 g/mol. The minimum absolute atomic E-state index is 0.146. The van der Waals surface area contributed by atoms with Gasteiger partial charge >= 0.3 is 0 Å². The van der Waals surface area contributed by atoms with Gasteiger partial charge in [0, 0.05) is 23.3 Å². The normalized spacial score (nSPS) is 11.5. The van der Waals surface area contributed by atoms with Crippen molar-refractivity contribution in [3.8, 4) is 5.75 Å². The summed E-state index contributed by atoms with van der Waals surface area (Å²) in [5.41, 5.74) is 2.15.